The first-order chi connectivity index (χ1) is 8.45. The van der Waals surface area contributed by atoms with Gasteiger partial charge in [0.25, 0.3) is 0 Å². The van der Waals surface area contributed by atoms with Crippen LogP contribution >= 0.6 is 12.2 Å². The Hall–Kier alpha value is -0.680. The van der Waals surface area contributed by atoms with Gasteiger partial charge < -0.3 is 15.8 Å². The van der Waals surface area contributed by atoms with Gasteiger partial charge in [-0.1, -0.05) is 19.1 Å². The summed E-state index contributed by atoms with van der Waals surface area (Å²) in [6, 6.07) is 0.0298. The molecule has 2 rings (SSSR count). The van der Waals surface area contributed by atoms with Crippen LogP contribution in [0.3, 0.4) is 0 Å². The fraction of sp³-hybridized carbons (Fsp3) is 0.846. The molecule has 1 heterocycles. The lowest BCUT2D eigenvalue weighted by molar-refractivity contribution is -0.134. The van der Waals surface area contributed by atoms with E-state index in [-0.39, 0.29) is 18.1 Å². The number of amides is 1. The van der Waals surface area contributed by atoms with E-state index >= 15 is 0 Å². The highest BCUT2D eigenvalue weighted by Gasteiger charge is 2.51. The van der Waals surface area contributed by atoms with E-state index in [9.17, 15) is 4.79 Å². The average Bonchev–Trinajstić information content (AvgIpc) is 2.76. The van der Waals surface area contributed by atoms with E-state index in [0.29, 0.717) is 10.9 Å². The zero-order chi connectivity index (χ0) is 13.3. The van der Waals surface area contributed by atoms with Crippen molar-refractivity contribution in [2.75, 3.05) is 6.61 Å². The number of ether oxygens (including phenoxy) is 1. The average molecular weight is 270 g/mol. The highest BCUT2D eigenvalue weighted by atomic mass is 32.1. The standard InChI is InChI=1S/C13H22N2O2S/c1-8-6-13(7-8,11(14)18)12(16)15-9(2)10-4-3-5-17-10/h8-10H,3-7H2,1-2H3,(H2,14,18)(H,15,16). The van der Waals surface area contributed by atoms with E-state index in [4.69, 9.17) is 22.7 Å². The maximum atomic E-state index is 12.4. The molecule has 0 spiro atoms. The molecular weight excluding hydrogens is 248 g/mol. The fourth-order valence-electron chi connectivity index (χ4n) is 3.06. The first-order valence-corrected chi connectivity index (χ1v) is 7.09. The molecule has 1 saturated heterocycles. The number of carbonyl (C=O) groups is 1. The number of nitrogens with one attached hydrogen (secondary N) is 1. The summed E-state index contributed by atoms with van der Waals surface area (Å²) in [5.74, 6) is 0.506. The minimum atomic E-state index is -0.610. The molecule has 1 amide bonds. The van der Waals surface area contributed by atoms with Gasteiger partial charge in [0.05, 0.1) is 22.5 Å². The molecule has 5 heteroatoms. The van der Waals surface area contributed by atoms with Crippen molar-refractivity contribution in [3.8, 4) is 0 Å². The van der Waals surface area contributed by atoms with Crippen LogP contribution in [0.5, 0.6) is 0 Å². The molecule has 1 aliphatic carbocycles. The Labute approximate surface area is 114 Å². The molecule has 4 nitrogen and oxygen atoms in total. The van der Waals surface area contributed by atoms with Crippen molar-refractivity contribution in [3.05, 3.63) is 0 Å². The number of thiocarbonyl (C=S) groups is 1. The van der Waals surface area contributed by atoms with Crippen LogP contribution in [0.4, 0.5) is 0 Å². The summed E-state index contributed by atoms with van der Waals surface area (Å²) in [6.07, 6.45) is 3.76. The van der Waals surface area contributed by atoms with Crippen molar-refractivity contribution in [1.82, 2.24) is 5.32 Å². The monoisotopic (exact) mass is 270 g/mol. The minimum absolute atomic E-state index is 0.0175. The molecule has 0 aromatic rings. The van der Waals surface area contributed by atoms with Gasteiger partial charge in [-0.3, -0.25) is 4.79 Å². The van der Waals surface area contributed by atoms with E-state index in [0.717, 1.165) is 32.3 Å². The Bertz CT molecular complexity index is 347. The Morgan fingerprint density at radius 3 is 2.67 bits per heavy atom. The Balaban J connectivity index is 1.95. The van der Waals surface area contributed by atoms with Gasteiger partial charge >= 0.3 is 0 Å². The van der Waals surface area contributed by atoms with Crippen molar-refractivity contribution in [1.29, 1.82) is 0 Å². The van der Waals surface area contributed by atoms with Crippen LogP contribution in [-0.4, -0.2) is 29.6 Å². The van der Waals surface area contributed by atoms with E-state index in [2.05, 4.69) is 12.2 Å². The van der Waals surface area contributed by atoms with Gasteiger partial charge in [-0.2, -0.15) is 0 Å². The molecule has 0 aromatic carbocycles. The summed E-state index contributed by atoms with van der Waals surface area (Å²) >= 11 is 5.08. The van der Waals surface area contributed by atoms with Gasteiger partial charge in [0.1, 0.15) is 0 Å². The van der Waals surface area contributed by atoms with E-state index < -0.39 is 5.41 Å². The molecule has 1 saturated carbocycles. The van der Waals surface area contributed by atoms with Crippen LogP contribution in [0.2, 0.25) is 0 Å². The lowest BCUT2D eigenvalue weighted by Gasteiger charge is -2.44. The van der Waals surface area contributed by atoms with Gasteiger partial charge in [-0.15, -0.1) is 0 Å². The third-order valence-corrected chi connectivity index (χ3v) is 4.57. The number of hydrogen-bond acceptors (Lipinski definition) is 3. The Morgan fingerprint density at radius 1 is 1.56 bits per heavy atom. The summed E-state index contributed by atoms with van der Waals surface area (Å²) in [5.41, 5.74) is 5.15. The molecule has 2 atom stereocenters. The third-order valence-electron chi connectivity index (χ3n) is 4.18. The fourth-order valence-corrected chi connectivity index (χ4v) is 3.32. The molecule has 2 unspecified atom stereocenters. The first kappa shape index (κ1) is 13.7. The second-order valence-corrected chi connectivity index (χ2v) is 6.21. The van der Waals surface area contributed by atoms with Crippen LogP contribution in [-0.2, 0) is 9.53 Å². The lowest BCUT2D eigenvalue weighted by Crippen LogP contribution is -2.58. The smallest absolute Gasteiger partial charge is 0.233 e. The van der Waals surface area contributed by atoms with Gasteiger partial charge in [0.15, 0.2) is 0 Å². The topological polar surface area (TPSA) is 64.3 Å². The zero-order valence-corrected chi connectivity index (χ0v) is 11.9. The maximum absolute atomic E-state index is 12.4. The van der Waals surface area contributed by atoms with Crippen LogP contribution in [0.15, 0.2) is 0 Å². The molecule has 0 radical (unpaired) electrons. The molecule has 18 heavy (non-hydrogen) atoms. The molecule has 1 aliphatic heterocycles. The molecule has 102 valence electrons. The summed E-state index contributed by atoms with van der Waals surface area (Å²) in [4.78, 5) is 12.7. The molecule has 0 aromatic heterocycles. The number of rotatable bonds is 4. The predicted molar refractivity (Wildman–Crippen MR) is 74.2 cm³/mol. The van der Waals surface area contributed by atoms with Crippen LogP contribution in [0, 0.1) is 11.3 Å². The van der Waals surface area contributed by atoms with Gasteiger partial charge in [0.2, 0.25) is 5.91 Å². The second kappa shape index (κ2) is 5.13. The summed E-state index contributed by atoms with van der Waals surface area (Å²) < 4.78 is 5.58. The van der Waals surface area contributed by atoms with Crippen molar-refractivity contribution < 1.29 is 9.53 Å². The summed E-state index contributed by atoms with van der Waals surface area (Å²) in [6.45, 7) is 4.90. The van der Waals surface area contributed by atoms with Gasteiger partial charge in [0, 0.05) is 6.61 Å². The van der Waals surface area contributed by atoms with Crippen molar-refractivity contribution in [2.24, 2.45) is 17.1 Å². The summed E-state index contributed by atoms with van der Waals surface area (Å²) in [5, 5.41) is 3.04. The number of carbonyl (C=O) groups excluding carboxylic acids is 1. The van der Waals surface area contributed by atoms with Gasteiger partial charge in [-0.05, 0) is 38.5 Å². The maximum Gasteiger partial charge on any atom is 0.233 e. The van der Waals surface area contributed by atoms with Crippen LogP contribution < -0.4 is 11.1 Å². The highest BCUT2D eigenvalue weighted by molar-refractivity contribution is 7.80. The van der Waals surface area contributed by atoms with E-state index in [1.807, 2.05) is 6.92 Å². The Kier molecular flexibility index (Phi) is 3.92. The van der Waals surface area contributed by atoms with E-state index in [1.54, 1.807) is 0 Å². The number of hydrogen-bond donors (Lipinski definition) is 2. The van der Waals surface area contributed by atoms with Crippen molar-refractivity contribution in [3.63, 3.8) is 0 Å². The minimum Gasteiger partial charge on any atom is -0.392 e. The second-order valence-electron chi connectivity index (χ2n) is 5.77. The highest BCUT2D eigenvalue weighted by Crippen LogP contribution is 2.46. The number of nitrogens with two attached hydrogens (primary N) is 1. The predicted octanol–water partition coefficient (Wildman–Crippen LogP) is 1.37. The zero-order valence-electron chi connectivity index (χ0n) is 11.1. The lowest BCUT2D eigenvalue weighted by atomic mass is 9.62. The normalized spacial score (nSPS) is 36.8. The largest absolute Gasteiger partial charge is 0.392 e. The Morgan fingerprint density at radius 2 is 2.22 bits per heavy atom. The van der Waals surface area contributed by atoms with Crippen LogP contribution in [0.25, 0.3) is 0 Å². The molecule has 2 aliphatic rings. The van der Waals surface area contributed by atoms with E-state index in [1.165, 1.54) is 0 Å². The molecule has 2 fully saturated rings. The van der Waals surface area contributed by atoms with Crippen molar-refractivity contribution >= 4 is 23.1 Å². The molecule has 3 N–H and O–H groups in total. The molecule has 0 bridgehead atoms. The van der Waals surface area contributed by atoms with Gasteiger partial charge in [-0.25, -0.2) is 0 Å². The SMILES string of the molecule is CC1CC(C(=O)NC(C)C2CCCO2)(C(N)=S)C1. The van der Waals surface area contributed by atoms with Crippen LogP contribution in [0.1, 0.15) is 39.5 Å². The first-order valence-electron chi connectivity index (χ1n) is 6.68. The molecular formula is C13H22N2O2S. The van der Waals surface area contributed by atoms with Crippen molar-refractivity contribution in [2.45, 2.75) is 51.7 Å². The quantitative estimate of drug-likeness (QED) is 0.757. The summed E-state index contributed by atoms with van der Waals surface area (Å²) in [7, 11) is 0. The third kappa shape index (κ3) is 2.38.